The number of carbonyl (C=O) groups excluding carboxylic acids is 1. The minimum atomic E-state index is -0.340. The maximum atomic E-state index is 13.1. The van der Waals surface area contributed by atoms with Crippen molar-refractivity contribution in [2.45, 2.75) is 18.6 Å². The van der Waals surface area contributed by atoms with Gasteiger partial charge in [-0.05, 0) is 35.6 Å². The first-order valence-corrected chi connectivity index (χ1v) is 8.48. The summed E-state index contributed by atoms with van der Waals surface area (Å²) >= 11 is 1.55. The van der Waals surface area contributed by atoms with Crippen LogP contribution < -0.4 is 5.32 Å². The van der Waals surface area contributed by atoms with Crippen molar-refractivity contribution in [3.63, 3.8) is 0 Å². The lowest BCUT2D eigenvalue weighted by Crippen LogP contribution is -2.38. The number of aliphatic hydroxyl groups is 1. The highest BCUT2D eigenvalue weighted by Crippen LogP contribution is 2.26. The van der Waals surface area contributed by atoms with Gasteiger partial charge in [0.1, 0.15) is 5.82 Å². The Morgan fingerprint density at radius 3 is 2.78 bits per heavy atom. The number of rotatable bonds is 5. The van der Waals surface area contributed by atoms with Crippen molar-refractivity contribution in [3.8, 4) is 0 Å². The largest absolute Gasteiger partial charge is 0.392 e. The van der Waals surface area contributed by atoms with Gasteiger partial charge in [0.05, 0.1) is 18.7 Å². The maximum Gasteiger partial charge on any atom is 0.234 e. The summed E-state index contributed by atoms with van der Waals surface area (Å²) in [6.07, 6.45) is 0.368. The van der Waals surface area contributed by atoms with E-state index in [0.29, 0.717) is 13.0 Å². The molecule has 0 spiro atoms. The minimum Gasteiger partial charge on any atom is -0.392 e. The summed E-state index contributed by atoms with van der Waals surface area (Å²) in [7, 11) is 0. The summed E-state index contributed by atoms with van der Waals surface area (Å²) in [6.45, 7) is 1.53. The summed E-state index contributed by atoms with van der Waals surface area (Å²) < 4.78 is 13.1. The van der Waals surface area contributed by atoms with Crippen LogP contribution >= 0.6 is 11.3 Å². The molecule has 1 unspecified atom stereocenters. The molecule has 4 nitrogen and oxygen atoms in total. The molecule has 1 aromatic carbocycles. The van der Waals surface area contributed by atoms with Crippen LogP contribution in [-0.2, 0) is 4.79 Å². The van der Waals surface area contributed by atoms with E-state index in [1.54, 1.807) is 23.5 Å². The molecule has 1 amide bonds. The highest BCUT2D eigenvalue weighted by Gasteiger charge is 2.24. The molecule has 0 saturated carbocycles. The minimum absolute atomic E-state index is 0.0955. The standard InChI is InChI=1S/C17H19FN2O2S/c18-13-5-3-12(4-6-13)17(15-2-1-9-23-15)19-16(22)11-20-8-7-14(21)10-20/h1-6,9,14,17,21H,7-8,10-11H2,(H,19,22)/t14-,17?/m0/s1. The molecule has 122 valence electrons. The van der Waals surface area contributed by atoms with Crippen LogP contribution in [0.3, 0.4) is 0 Å². The molecule has 0 aliphatic carbocycles. The predicted molar refractivity (Wildman–Crippen MR) is 87.8 cm³/mol. The molecule has 1 aliphatic heterocycles. The third-order valence-electron chi connectivity index (χ3n) is 3.95. The number of hydrogen-bond donors (Lipinski definition) is 2. The second-order valence-corrected chi connectivity index (χ2v) is 6.72. The number of benzene rings is 1. The van der Waals surface area contributed by atoms with Crippen molar-refractivity contribution in [1.82, 2.24) is 10.2 Å². The summed E-state index contributed by atoms with van der Waals surface area (Å²) in [5.41, 5.74) is 0.851. The van der Waals surface area contributed by atoms with E-state index < -0.39 is 0 Å². The molecule has 23 heavy (non-hydrogen) atoms. The van der Waals surface area contributed by atoms with Crippen LogP contribution in [0, 0.1) is 5.82 Å². The van der Waals surface area contributed by atoms with Crippen molar-refractivity contribution in [2.75, 3.05) is 19.6 Å². The summed E-state index contributed by atoms with van der Waals surface area (Å²) in [5.74, 6) is -0.391. The van der Waals surface area contributed by atoms with E-state index in [-0.39, 0.29) is 30.4 Å². The Kier molecular flexibility index (Phi) is 5.05. The van der Waals surface area contributed by atoms with Crippen LogP contribution in [0.5, 0.6) is 0 Å². The van der Waals surface area contributed by atoms with Gasteiger partial charge in [-0.2, -0.15) is 0 Å². The number of β-amino-alcohol motifs (C(OH)–C–C–N with tert-alkyl or cyclic N) is 1. The van der Waals surface area contributed by atoms with Crippen molar-refractivity contribution in [1.29, 1.82) is 0 Å². The summed E-state index contributed by atoms with van der Waals surface area (Å²) in [5, 5.41) is 14.5. The van der Waals surface area contributed by atoms with Gasteiger partial charge in [-0.15, -0.1) is 11.3 Å². The zero-order valence-electron chi connectivity index (χ0n) is 12.6. The lowest BCUT2D eigenvalue weighted by molar-refractivity contribution is -0.122. The van der Waals surface area contributed by atoms with E-state index in [9.17, 15) is 14.3 Å². The smallest absolute Gasteiger partial charge is 0.234 e. The molecule has 6 heteroatoms. The van der Waals surface area contributed by atoms with Crippen molar-refractivity contribution >= 4 is 17.2 Å². The molecule has 3 rings (SSSR count). The Labute approximate surface area is 138 Å². The van der Waals surface area contributed by atoms with Gasteiger partial charge in [0.15, 0.2) is 0 Å². The van der Waals surface area contributed by atoms with Gasteiger partial charge in [0, 0.05) is 18.0 Å². The number of carbonyl (C=O) groups is 1. The maximum absolute atomic E-state index is 13.1. The third kappa shape index (κ3) is 4.16. The Morgan fingerprint density at radius 1 is 1.39 bits per heavy atom. The van der Waals surface area contributed by atoms with Gasteiger partial charge in [-0.1, -0.05) is 18.2 Å². The quantitative estimate of drug-likeness (QED) is 0.881. The third-order valence-corrected chi connectivity index (χ3v) is 4.89. The second-order valence-electron chi connectivity index (χ2n) is 5.75. The van der Waals surface area contributed by atoms with Gasteiger partial charge in [0.2, 0.25) is 5.91 Å². The molecule has 1 aromatic heterocycles. The summed E-state index contributed by atoms with van der Waals surface area (Å²) in [4.78, 5) is 15.3. The molecule has 2 heterocycles. The van der Waals surface area contributed by atoms with Crippen molar-refractivity contribution in [3.05, 3.63) is 58.0 Å². The molecule has 2 aromatic rings. The van der Waals surface area contributed by atoms with Gasteiger partial charge < -0.3 is 10.4 Å². The van der Waals surface area contributed by atoms with E-state index >= 15 is 0 Å². The van der Waals surface area contributed by atoms with Crippen LogP contribution in [-0.4, -0.2) is 41.7 Å². The number of likely N-dealkylation sites (tertiary alicyclic amines) is 1. The summed E-state index contributed by atoms with van der Waals surface area (Å²) in [6, 6.07) is 9.80. The number of nitrogens with one attached hydrogen (secondary N) is 1. The van der Waals surface area contributed by atoms with E-state index in [1.165, 1.54) is 12.1 Å². The first kappa shape index (κ1) is 16.1. The Morgan fingerprint density at radius 2 is 2.17 bits per heavy atom. The second kappa shape index (κ2) is 7.21. The Bertz CT molecular complexity index is 645. The van der Waals surface area contributed by atoms with E-state index in [4.69, 9.17) is 0 Å². The van der Waals surface area contributed by atoms with Crippen LogP contribution in [0.15, 0.2) is 41.8 Å². The van der Waals surface area contributed by atoms with Crippen LogP contribution in [0.4, 0.5) is 4.39 Å². The number of aliphatic hydroxyl groups excluding tert-OH is 1. The molecule has 2 N–H and O–H groups in total. The fraction of sp³-hybridized carbons (Fsp3) is 0.353. The molecule has 2 atom stereocenters. The van der Waals surface area contributed by atoms with Gasteiger partial charge in [-0.3, -0.25) is 9.69 Å². The fourth-order valence-electron chi connectivity index (χ4n) is 2.80. The number of nitrogens with zero attached hydrogens (tertiary/aromatic N) is 1. The predicted octanol–water partition coefficient (Wildman–Crippen LogP) is 2.16. The molecule has 1 saturated heterocycles. The van der Waals surface area contributed by atoms with E-state index in [2.05, 4.69) is 5.32 Å². The van der Waals surface area contributed by atoms with Crippen LogP contribution in [0.1, 0.15) is 22.9 Å². The first-order valence-electron chi connectivity index (χ1n) is 7.60. The molecule has 1 aliphatic rings. The van der Waals surface area contributed by atoms with Crippen LogP contribution in [0.25, 0.3) is 0 Å². The monoisotopic (exact) mass is 334 g/mol. The fourth-order valence-corrected chi connectivity index (χ4v) is 3.60. The molecular formula is C17H19FN2O2S. The Balaban J connectivity index is 1.71. The number of halogens is 1. The van der Waals surface area contributed by atoms with Crippen molar-refractivity contribution < 1.29 is 14.3 Å². The molecule has 0 bridgehead atoms. The average Bonchev–Trinajstić information content (AvgIpc) is 3.18. The highest BCUT2D eigenvalue weighted by molar-refractivity contribution is 7.10. The average molecular weight is 334 g/mol. The number of amides is 1. The SMILES string of the molecule is O=C(CN1CC[C@H](O)C1)NC(c1ccc(F)cc1)c1cccs1. The van der Waals surface area contributed by atoms with Gasteiger partial charge >= 0.3 is 0 Å². The van der Waals surface area contributed by atoms with Crippen molar-refractivity contribution in [2.24, 2.45) is 0 Å². The highest BCUT2D eigenvalue weighted by atomic mass is 32.1. The molecule has 0 radical (unpaired) electrons. The zero-order valence-corrected chi connectivity index (χ0v) is 13.4. The number of thiophene rings is 1. The topological polar surface area (TPSA) is 52.6 Å². The molecular weight excluding hydrogens is 315 g/mol. The van der Waals surface area contributed by atoms with E-state index in [0.717, 1.165) is 17.0 Å². The zero-order chi connectivity index (χ0) is 16.2. The lowest BCUT2D eigenvalue weighted by atomic mass is 10.1. The lowest BCUT2D eigenvalue weighted by Gasteiger charge is -2.21. The van der Waals surface area contributed by atoms with Gasteiger partial charge in [0.25, 0.3) is 0 Å². The van der Waals surface area contributed by atoms with E-state index in [1.807, 2.05) is 22.4 Å². The Hall–Kier alpha value is -1.76. The van der Waals surface area contributed by atoms with Crippen LogP contribution in [0.2, 0.25) is 0 Å². The number of hydrogen-bond acceptors (Lipinski definition) is 4. The van der Waals surface area contributed by atoms with Gasteiger partial charge in [-0.25, -0.2) is 4.39 Å². The normalized spacial score (nSPS) is 19.7. The first-order chi connectivity index (χ1) is 11.1. The molecule has 1 fully saturated rings.